The van der Waals surface area contributed by atoms with E-state index in [-0.39, 0.29) is 12.0 Å². The van der Waals surface area contributed by atoms with E-state index < -0.39 is 11.7 Å². The molecule has 4 nitrogen and oxygen atoms in total. The fourth-order valence-electron chi connectivity index (χ4n) is 3.19. The Morgan fingerprint density at radius 1 is 1.29 bits per heavy atom. The molecule has 0 aromatic heterocycles. The molecule has 0 heterocycles. The first-order valence-electron chi connectivity index (χ1n) is 6.35. The minimum absolute atomic E-state index is 0.0127. The van der Waals surface area contributed by atoms with E-state index in [2.05, 4.69) is 5.32 Å². The normalized spacial score (nSPS) is 35.7. The van der Waals surface area contributed by atoms with Crippen molar-refractivity contribution >= 4 is 12.4 Å². The van der Waals surface area contributed by atoms with Crippen LogP contribution in [0.4, 0.5) is 4.79 Å². The first kappa shape index (κ1) is 12.4. The Balaban J connectivity index is 1.94. The van der Waals surface area contributed by atoms with Crippen LogP contribution in [-0.2, 0) is 9.53 Å². The van der Waals surface area contributed by atoms with Gasteiger partial charge in [-0.05, 0) is 51.9 Å². The van der Waals surface area contributed by atoms with Gasteiger partial charge in [0.25, 0.3) is 0 Å². The van der Waals surface area contributed by atoms with E-state index in [9.17, 15) is 9.59 Å². The Labute approximate surface area is 102 Å². The standard InChI is InChI=1S/C13H21NO3/c1-13(2,3)17-12(16)14-11-9-5-4-8(6-9)10(11)7-15/h7-11H,4-6H2,1-3H3,(H,14,16)/t8-,9+,10+,11-/m1/s1. The smallest absolute Gasteiger partial charge is 0.407 e. The third-order valence-corrected chi connectivity index (χ3v) is 3.82. The molecule has 0 aromatic rings. The maximum absolute atomic E-state index is 11.7. The van der Waals surface area contributed by atoms with Crippen molar-refractivity contribution in [3.8, 4) is 0 Å². The van der Waals surface area contributed by atoms with Gasteiger partial charge in [0, 0.05) is 12.0 Å². The van der Waals surface area contributed by atoms with Crippen LogP contribution in [0.1, 0.15) is 40.0 Å². The molecule has 1 amide bonds. The molecule has 2 aliphatic rings. The summed E-state index contributed by atoms with van der Waals surface area (Å²) in [6.45, 7) is 5.51. The van der Waals surface area contributed by atoms with Crippen molar-refractivity contribution in [1.82, 2.24) is 5.32 Å². The summed E-state index contributed by atoms with van der Waals surface area (Å²) in [6, 6.07) is -0.0129. The molecule has 0 spiro atoms. The predicted molar refractivity (Wildman–Crippen MR) is 63.5 cm³/mol. The van der Waals surface area contributed by atoms with Gasteiger partial charge >= 0.3 is 6.09 Å². The molecular weight excluding hydrogens is 218 g/mol. The number of nitrogens with one attached hydrogen (secondary N) is 1. The van der Waals surface area contributed by atoms with Crippen molar-refractivity contribution in [1.29, 1.82) is 0 Å². The van der Waals surface area contributed by atoms with E-state index in [1.807, 2.05) is 20.8 Å². The number of ether oxygens (including phenoxy) is 1. The molecule has 0 radical (unpaired) electrons. The van der Waals surface area contributed by atoms with Crippen molar-refractivity contribution in [3.63, 3.8) is 0 Å². The van der Waals surface area contributed by atoms with Gasteiger partial charge < -0.3 is 14.8 Å². The Bertz CT molecular complexity index is 321. The summed E-state index contributed by atoms with van der Waals surface area (Å²) < 4.78 is 5.23. The maximum atomic E-state index is 11.7. The lowest BCUT2D eigenvalue weighted by molar-refractivity contribution is -0.113. The molecule has 0 unspecified atom stereocenters. The molecule has 2 bridgehead atoms. The topological polar surface area (TPSA) is 55.4 Å². The average molecular weight is 239 g/mol. The second-order valence-electron chi connectivity index (χ2n) is 6.22. The van der Waals surface area contributed by atoms with E-state index in [0.717, 1.165) is 25.5 Å². The zero-order chi connectivity index (χ0) is 12.6. The summed E-state index contributed by atoms with van der Waals surface area (Å²) in [5, 5.41) is 2.88. The van der Waals surface area contributed by atoms with E-state index in [1.54, 1.807) is 0 Å². The molecule has 0 aromatic carbocycles. The van der Waals surface area contributed by atoms with Crippen molar-refractivity contribution in [2.75, 3.05) is 0 Å². The Morgan fingerprint density at radius 2 is 1.94 bits per heavy atom. The van der Waals surface area contributed by atoms with Gasteiger partial charge in [-0.2, -0.15) is 0 Å². The first-order chi connectivity index (χ1) is 7.90. The first-order valence-corrected chi connectivity index (χ1v) is 6.35. The highest BCUT2D eigenvalue weighted by Gasteiger charge is 2.48. The molecule has 0 saturated heterocycles. The van der Waals surface area contributed by atoms with Crippen molar-refractivity contribution in [2.24, 2.45) is 17.8 Å². The maximum Gasteiger partial charge on any atom is 0.407 e. The second kappa shape index (κ2) is 4.31. The number of rotatable bonds is 2. The Morgan fingerprint density at radius 3 is 2.53 bits per heavy atom. The number of hydrogen-bond acceptors (Lipinski definition) is 3. The average Bonchev–Trinajstić information content (AvgIpc) is 2.74. The summed E-state index contributed by atoms with van der Waals surface area (Å²) in [4.78, 5) is 22.8. The van der Waals surface area contributed by atoms with Gasteiger partial charge in [-0.1, -0.05) is 0 Å². The molecule has 1 N–H and O–H groups in total. The summed E-state index contributed by atoms with van der Waals surface area (Å²) in [5.74, 6) is 0.918. The monoisotopic (exact) mass is 239 g/mol. The number of alkyl carbamates (subject to hydrolysis) is 1. The zero-order valence-electron chi connectivity index (χ0n) is 10.7. The van der Waals surface area contributed by atoms with E-state index in [4.69, 9.17) is 4.74 Å². The molecule has 2 rings (SSSR count). The Hall–Kier alpha value is -1.06. The fraction of sp³-hybridized carbons (Fsp3) is 0.846. The molecule has 2 fully saturated rings. The third-order valence-electron chi connectivity index (χ3n) is 3.82. The SMILES string of the molecule is CC(C)(C)OC(=O)N[C@@H]1[C@H]2CC[C@H](C2)[C@@H]1C=O. The van der Waals surface area contributed by atoms with Gasteiger partial charge in [0.2, 0.25) is 0 Å². The largest absolute Gasteiger partial charge is 0.444 e. The molecule has 4 heteroatoms. The van der Waals surface area contributed by atoms with Crippen LogP contribution in [0.2, 0.25) is 0 Å². The molecule has 0 aliphatic heterocycles. The van der Waals surface area contributed by atoms with Crippen LogP contribution in [0.3, 0.4) is 0 Å². The summed E-state index contributed by atoms with van der Waals surface area (Å²) in [6.07, 6.45) is 3.92. The fourth-order valence-corrected chi connectivity index (χ4v) is 3.19. The molecular formula is C13H21NO3. The van der Waals surface area contributed by atoms with Crippen LogP contribution in [0.15, 0.2) is 0 Å². The number of hydrogen-bond donors (Lipinski definition) is 1. The van der Waals surface area contributed by atoms with Crippen LogP contribution < -0.4 is 5.32 Å². The van der Waals surface area contributed by atoms with Crippen LogP contribution in [0.5, 0.6) is 0 Å². The van der Waals surface area contributed by atoms with Gasteiger partial charge in [-0.25, -0.2) is 4.79 Å². The lowest BCUT2D eigenvalue weighted by atomic mass is 9.85. The number of carbonyl (C=O) groups is 2. The number of carbonyl (C=O) groups excluding carboxylic acids is 2. The quantitative estimate of drug-likeness (QED) is 0.751. The van der Waals surface area contributed by atoms with Crippen LogP contribution in [-0.4, -0.2) is 24.0 Å². The van der Waals surface area contributed by atoms with Crippen molar-refractivity contribution < 1.29 is 14.3 Å². The van der Waals surface area contributed by atoms with Gasteiger partial charge in [0.15, 0.2) is 0 Å². The van der Waals surface area contributed by atoms with E-state index in [0.29, 0.717) is 11.8 Å². The number of aldehydes is 1. The molecule has 96 valence electrons. The van der Waals surface area contributed by atoms with Crippen molar-refractivity contribution in [3.05, 3.63) is 0 Å². The molecule has 2 aliphatic carbocycles. The van der Waals surface area contributed by atoms with E-state index >= 15 is 0 Å². The highest BCUT2D eigenvalue weighted by molar-refractivity contribution is 5.69. The van der Waals surface area contributed by atoms with E-state index in [1.165, 1.54) is 0 Å². The summed E-state index contributed by atoms with van der Waals surface area (Å²) in [5.41, 5.74) is -0.488. The zero-order valence-corrected chi connectivity index (χ0v) is 10.7. The van der Waals surface area contributed by atoms with Gasteiger partial charge in [0.05, 0.1) is 0 Å². The highest BCUT2D eigenvalue weighted by atomic mass is 16.6. The molecule has 4 atom stereocenters. The predicted octanol–water partition coefficient (Wildman–Crippen LogP) is 2.12. The van der Waals surface area contributed by atoms with Crippen LogP contribution in [0.25, 0.3) is 0 Å². The lowest BCUT2D eigenvalue weighted by Gasteiger charge is -2.29. The summed E-state index contributed by atoms with van der Waals surface area (Å²) in [7, 11) is 0. The number of amides is 1. The van der Waals surface area contributed by atoms with Gasteiger partial charge in [0.1, 0.15) is 11.9 Å². The van der Waals surface area contributed by atoms with Crippen molar-refractivity contribution in [2.45, 2.75) is 51.7 Å². The second-order valence-corrected chi connectivity index (χ2v) is 6.22. The minimum Gasteiger partial charge on any atom is -0.444 e. The Kier molecular flexibility index (Phi) is 3.15. The van der Waals surface area contributed by atoms with Crippen LogP contribution >= 0.6 is 0 Å². The number of fused-ring (bicyclic) bond motifs is 2. The molecule has 2 saturated carbocycles. The third kappa shape index (κ3) is 2.61. The highest BCUT2D eigenvalue weighted by Crippen LogP contribution is 2.47. The van der Waals surface area contributed by atoms with Crippen LogP contribution in [0, 0.1) is 17.8 Å². The van der Waals surface area contributed by atoms with Gasteiger partial charge in [-0.15, -0.1) is 0 Å². The molecule has 17 heavy (non-hydrogen) atoms. The minimum atomic E-state index is -0.488. The lowest BCUT2D eigenvalue weighted by Crippen LogP contribution is -2.46. The van der Waals surface area contributed by atoms with Gasteiger partial charge in [-0.3, -0.25) is 0 Å². The summed E-state index contributed by atoms with van der Waals surface area (Å²) >= 11 is 0.